The number of benzene rings is 4. The molecule has 310 valence electrons. The highest BCUT2D eigenvalue weighted by Crippen LogP contribution is 2.47. The van der Waals surface area contributed by atoms with Crippen LogP contribution in [0.3, 0.4) is 0 Å². The van der Waals surface area contributed by atoms with Gasteiger partial charge in [-0.15, -0.1) is 0 Å². The van der Waals surface area contributed by atoms with E-state index in [0.717, 1.165) is 0 Å². The number of para-hydroxylation sites is 1. The molecule has 2 aliphatic rings. The van der Waals surface area contributed by atoms with Gasteiger partial charge in [-0.05, 0) is 66.9 Å². The first kappa shape index (κ1) is 45.1. The van der Waals surface area contributed by atoms with E-state index in [1.165, 1.54) is 56.8 Å². The fourth-order valence-electron chi connectivity index (χ4n) is 7.81. The van der Waals surface area contributed by atoms with E-state index in [0.29, 0.717) is 6.42 Å². The van der Waals surface area contributed by atoms with Crippen LogP contribution in [0, 0.1) is 35.8 Å². The first-order valence-electron chi connectivity index (χ1n) is 19.4. The van der Waals surface area contributed by atoms with Gasteiger partial charge in [-0.2, -0.15) is 4.58 Å². The van der Waals surface area contributed by atoms with Gasteiger partial charge in [0.1, 0.15) is 25.2 Å². The predicted octanol–water partition coefficient (Wildman–Crippen LogP) is 7.70. The molecule has 0 unspecified atom stereocenters. The second kappa shape index (κ2) is 18.9. The summed E-state index contributed by atoms with van der Waals surface area (Å²) >= 11 is 0. The summed E-state index contributed by atoms with van der Waals surface area (Å²) in [6, 6.07) is 27.9. The van der Waals surface area contributed by atoms with Crippen LogP contribution >= 0.6 is 0 Å². The first-order valence-corrected chi connectivity index (χ1v) is 20.7. The van der Waals surface area contributed by atoms with E-state index in [4.69, 9.17) is 22.6 Å². The molecule has 0 aliphatic carbocycles. The second-order valence-corrected chi connectivity index (χ2v) is 16.2. The predicted molar refractivity (Wildman–Crippen MR) is 236 cm³/mol. The zero-order valence-corrected chi connectivity index (χ0v) is 36.0. The third-order valence-electron chi connectivity index (χ3n) is 10.6. The minimum atomic E-state index is -4.90. The zero-order chi connectivity index (χ0) is 44.5. The van der Waals surface area contributed by atoms with Crippen molar-refractivity contribution < 1.29 is 31.2 Å². The van der Waals surface area contributed by atoms with Gasteiger partial charge in [0.25, 0.3) is 11.4 Å². The fraction of sp³-hybridized carbons (Fsp3) is 0.271. The molecule has 13 heteroatoms. The summed E-state index contributed by atoms with van der Waals surface area (Å²) in [5.74, 6) is 0.0428. The Morgan fingerprint density at radius 2 is 1.46 bits per heavy atom. The van der Waals surface area contributed by atoms with Crippen LogP contribution in [0.15, 0.2) is 109 Å². The van der Waals surface area contributed by atoms with Crippen LogP contribution in [-0.2, 0) is 25.4 Å². The molecule has 0 radical (unpaired) electrons. The zero-order valence-electron chi connectivity index (χ0n) is 35.2. The van der Waals surface area contributed by atoms with E-state index in [9.17, 15) is 23.5 Å². The Morgan fingerprint density at radius 1 is 0.852 bits per heavy atom. The summed E-state index contributed by atoms with van der Waals surface area (Å²) in [5, 5.41) is 21.1. The van der Waals surface area contributed by atoms with E-state index in [1.807, 2.05) is 6.92 Å². The van der Waals surface area contributed by atoms with E-state index >= 15 is 0 Å². The SMILES string of the molecule is CN1C(=CC=CC=CC2=[N+](C)c3ccc4ccccc4c3C2(C)C)C(C)(C)c2ccccc21.[C-]#[N+]/C(C#N)=c1/cc(OCCOS(=O)(=O)[O-])/c(=C(\C#N)[N+]#[C-])cc1OCCC. The van der Waals surface area contributed by atoms with Gasteiger partial charge in [0, 0.05) is 52.0 Å². The number of nitrogens with zero attached hydrogens (tertiary/aromatic N) is 6. The maximum Gasteiger partial charge on any atom is 0.272 e. The molecule has 2 aliphatic heterocycles. The number of rotatable bonds is 11. The molecule has 2 heterocycles. The molecule has 4 aromatic rings. The summed E-state index contributed by atoms with van der Waals surface area (Å²) in [7, 11) is -0.559. The van der Waals surface area contributed by atoms with Gasteiger partial charge in [-0.3, -0.25) is 4.18 Å². The smallest absolute Gasteiger partial charge is 0.272 e. The summed E-state index contributed by atoms with van der Waals surface area (Å²) in [5.41, 5.74) is 7.34. The molecule has 0 aromatic heterocycles. The Balaban J connectivity index is 0.000000235. The van der Waals surface area contributed by atoms with Crippen LogP contribution in [-0.4, -0.2) is 57.2 Å². The summed E-state index contributed by atoms with van der Waals surface area (Å²) in [6.07, 6.45) is 11.6. The lowest BCUT2D eigenvalue weighted by Crippen LogP contribution is -2.26. The number of fused-ring (bicyclic) bond motifs is 4. The van der Waals surface area contributed by atoms with E-state index in [-0.39, 0.29) is 50.8 Å². The number of ether oxygens (including phenoxy) is 2. The Hall–Kier alpha value is -7.00. The molecule has 4 aromatic carbocycles. The standard InChI is InChI=1S/C31H33N2.C17H14N4O6S/c1-30(2)24-16-12-13-17-25(24)32(5)27(30)18-8-7-9-19-28-31(3,4)29-23-15-11-10-14-22(23)20-21-26(29)33(28)6;1-4-5-25-16-8-13(15(11-19)21-3)17(9-12(16)14(10-18)20-2)26-6-7-27-28(22,23)24/h7-21H,1-6H3;8-9H,4-7H2,1H3,(H,22,23,24)/q+1;/p-1/b;14-12-,15-13+. The van der Waals surface area contributed by atoms with Crippen molar-refractivity contribution in [1.29, 1.82) is 10.5 Å². The van der Waals surface area contributed by atoms with Gasteiger partial charge >= 0.3 is 0 Å². The Bertz CT molecular complexity index is 2880. The van der Waals surface area contributed by atoms with E-state index in [1.54, 1.807) is 12.1 Å². The lowest BCUT2D eigenvalue weighted by Gasteiger charge is -2.23. The number of hydrogen-bond acceptors (Lipinski definition) is 9. The van der Waals surface area contributed by atoms with Gasteiger partial charge in [0.05, 0.1) is 43.9 Å². The van der Waals surface area contributed by atoms with Crippen molar-refractivity contribution >= 4 is 49.7 Å². The van der Waals surface area contributed by atoms with Gasteiger partial charge in [0.2, 0.25) is 16.1 Å². The first-order chi connectivity index (χ1) is 29.0. The molecule has 61 heavy (non-hydrogen) atoms. The van der Waals surface area contributed by atoms with Crippen molar-refractivity contribution in [3.05, 3.63) is 153 Å². The molecule has 12 nitrogen and oxygen atoms in total. The largest absolute Gasteiger partial charge is 0.726 e. The number of anilines is 1. The molecular weight excluding hydrogens is 789 g/mol. The Labute approximate surface area is 357 Å². The third kappa shape index (κ3) is 9.57. The van der Waals surface area contributed by atoms with Gasteiger partial charge in [-0.1, -0.05) is 81.5 Å². The van der Waals surface area contributed by atoms with Gasteiger partial charge in [-0.25, -0.2) is 28.6 Å². The van der Waals surface area contributed by atoms with Gasteiger partial charge < -0.3 is 18.9 Å². The summed E-state index contributed by atoms with van der Waals surface area (Å²) < 4.78 is 48.6. The maximum atomic E-state index is 10.5. The summed E-state index contributed by atoms with van der Waals surface area (Å²) in [6.45, 7) is 24.6. The van der Waals surface area contributed by atoms with Gasteiger partial charge in [0.15, 0.2) is 5.71 Å². The Morgan fingerprint density at radius 3 is 2.05 bits per heavy atom. The van der Waals surface area contributed by atoms with E-state index < -0.39 is 23.6 Å². The van der Waals surface area contributed by atoms with Crippen LogP contribution in [0.5, 0.6) is 11.5 Å². The molecule has 0 saturated carbocycles. The minimum absolute atomic E-state index is 0.00447. The molecule has 0 amide bonds. The second-order valence-electron chi connectivity index (χ2n) is 15.2. The van der Waals surface area contributed by atoms with Crippen molar-refractivity contribution in [1.82, 2.24) is 0 Å². The van der Waals surface area contributed by atoms with Crippen molar-refractivity contribution in [2.45, 2.75) is 51.9 Å². The van der Waals surface area contributed by atoms with Crippen LogP contribution in [0.25, 0.3) is 31.9 Å². The molecule has 6 rings (SSSR count). The maximum absolute atomic E-state index is 10.5. The van der Waals surface area contributed by atoms with Crippen LogP contribution < -0.4 is 24.8 Å². The highest BCUT2D eigenvalue weighted by atomic mass is 32.3. The molecule has 0 N–H and O–H groups in total. The Kier molecular flexibility index (Phi) is 14.0. The average Bonchev–Trinajstić information content (AvgIpc) is 3.56. The quantitative estimate of drug-likeness (QED) is 0.0370. The van der Waals surface area contributed by atoms with Crippen LogP contribution in [0.2, 0.25) is 0 Å². The molecule has 0 bridgehead atoms. The highest BCUT2D eigenvalue weighted by molar-refractivity contribution is 7.80. The minimum Gasteiger partial charge on any atom is -0.726 e. The van der Waals surface area contributed by atoms with Crippen LogP contribution in [0.1, 0.15) is 52.2 Å². The van der Waals surface area contributed by atoms with Crippen LogP contribution in [0.4, 0.5) is 11.4 Å². The highest BCUT2D eigenvalue weighted by Gasteiger charge is 2.44. The number of hydrogen-bond donors (Lipinski definition) is 0. The van der Waals surface area contributed by atoms with Crippen molar-refractivity contribution in [3.8, 4) is 23.6 Å². The van der Waals surface area contributed by atoms with Crippen molar-refractivity contribution in [2.75, 3.05) is 38.8 Å². The number of allylic oxidation sites excluding steroid dienone is 6. The normalized spacial score (nSPS) is 16.5. The van der Waals surface area contributed by atoms with Crippen molar-refractivity contribution in [3.63, 3.8) is 0 Å². The lowest BCUT2D eigenvalue weighted by molar-refractivity contribution is -0.401. The van der Waals surface area contributed by atoms with E-state index in [2.05, 4.69) is 156 Å². The fourth-order valence-corrected chi connectivity index (χ4v) is 8.08. The summed E-state index contributed by atoms with van der Waals surface area (Å²) in [4.78, 5) is 8.54. The molecule has 0 atom stereocenters. The number of likely N-dealkylation sites (N-methyl/N-ethyl adjacent to an activating group) is 1. The molecule has 0 saturated heterocycles. The average molecular weight is 835 g/mol. The molecular formula is C48H46N6O6S. The number of nitriles is 2. The third-order valence-corrected chi connectivity index (χ3v) is 11.1. The topological polar surface area (TPSA) is 147 Å². The molecule has 0 spiro atoms. The van der Waals surface area contributed by atoms with Crippen molar-refractivity contribution in [2.24, 2.45) is 0 Å². The lowest BCUT2D eigenvalue weighted by atomic mass is 9.79. The molecule has 0 fully saturated rings. The monoisotopic (exact) mass is 834 g/mol.